The largest absolute Gasteiger partial charge is 0.506 e. The zero-order chi connectivity index (χ0) is 18.0. The van der Waals surface area contributed by atoms with Gasteiger partial charge in [0, 0.05) is 12.6 Å². The summed E-state index contributed by atoms with van der Waals surface area (Å²) in [5, 5.41) is 20.2. The van der Waals surface area contributed by atoms with Crippen LogP contribution in [0.1, 0.15) is 25.2 Å². The lowest BCUT2D eigenvalue weighted by Crippen LogP contribution is -2.05. The quantitative estimate of drug-likeness (QED) is 0.570. The second kappa shape index (κ2) is 6.70. The van der Waals surface area contributed by atoms with Crippen LogP contribution in [0.5, 0.6) is 5.75 Å². The molecule has 0 radical (unpaired) electrons. The van der Waals surface area contributed by atoms with Gasteiger partial charge in [0.05, 0.1) is 17.1 Å². The van der Waals surface area contributed by atoms with Gasteiger partial charge in [-0.3, -0.25) is 0 Å². The molecule has 2 aromatic carbocycles. The molecule has 1 N–H and O–H groups in total. The molecule has 5 nitrogen and oxygen atoms in total. The van der Waals surface area contributed by atoms with Crippen LogP contribution in [0.25, 0.3) is 22.4 Å². The maximum absolute atomic E-state index is 10.6. The highest BCUT2D eigenvalue weighted by Gasteiger charge is 2.17. The third kappa shape index (κ3) is 3.20. The third-order valence-electron chi connectivity index (χ3n) is 3.86. The van der Waals surface area contributed by atoms with Crippen molar-refractivity contribution in [2.24, 2.45) is 7.05 Å². The van der Waals surface area contributed by atoms with Crippen LogP contribution in [0, 0.1) is 11.3 Å². The van der Waals surface area contributed by atoms with E-state index in [0.29, 0.717) is 17.1 Å². The van der Waals surface area contributed by atoms with Gasteiger partial charge in [0.1, 0.15) is 23.2 Å². The summed E-state index contributed by atoms with van der Waals surface area (Å²) in [5.74, 6) is 1.05. The number of imidazole rings is 1. The Labute approximate surface area is 146 Å². The number of benzene rings is 2. The number of rotatable bonds is 4. The minimum Gasteiger partial charge on any atom is -0.506 e. The number of allylic oxidation sites excluding steroid dienone is 1. The fraction of sp³-hybridized carbons (Fsp3) is 0.200. The van der Waals surface area contributed by atoms with Crippen molar-refractivity contribution in [3.8, 4) is 11.8 Å². The van der Waals surface area contributed by atoms with Crippen LogP contribution < -0.4 is 4.74 Å². The van der Waals surface area contributed by atoms with Crippen LogP contribution in [0.15, 0.2) is 48.5 Å². The smallest absolute Gasteiger partial charge is 0.155 e. The Morgan fingerprint density at radius 2 is 1.84 bits per heavy atom. The second-order valence-corrected chi connectivity index (χ2v) is 6.01. The summed E-state index contributed by atoms with van der Waals surface area (Å²) in [7, 11) is 1.83. The summed E-state index contributed by atoms with van der Waals surface area (Å²) in [6.45, 7) is 3.90. The van der Waals surface area contributed by atoms with E-state index in [1.807, 2.05) is 45.2 Å². The zero-order valence-electron chi connectivity index (χ0n) is 14.4. The Hall–Kier alpha value is -3.26. The number of fused-ring (bicyclic) bond motifs is 1. The molecule has 0 bridgehead atoms. The molecule has 0 fully saturated rings. The zero-order valence-corrected chi connectivity index (χ0v) is 14.4. The van der Waals surface area contributed by atoms with Gasteiger partial charge in [0.25, 0.3) is 0 Å². The van der Waals surface area contributed by atoms with E-state index in [1.54, 1.807) is 28.8 Å². The number of aryl methyl sites for hydroxylation is 1. The average Bonchev–Trinajstić information content (AvgIpc) is 2.93. The van der Waals surface area contributed by atoms with E-state index in [4.69, 9.17) is 4.74 Å². The Kier molecular flexibility index (Phi) is 4.44. The molecule has 0 spiro atoms. The van der Waals surface area contributed by atoms with E-state index >= 15 is 0 Å². The fourth-order valence-electron chi connectivity index (χ4n) is 2.69. The molecule has 3 rings (SSSR count). The molecule has 0 saturated heterocycles. The normalized spacial score (nSPS) is 12.1. The van der Waals surface area contributed by atoms with E-state index < -0.39 is 0 Å². The number of aromatic nitrogens is 2. The summed E-state index contributed by atoms with van der Waals surface area (Å²) in [5.41, 5.74) is 2.36. The van der Waals surface area contributed by atoms with Crippen molar-refractivity contribution in [1.29, 1.82) is 5.26 Å². The van der Waals surface area contributed by atoms with Crippen molar-refractivity contribution < 1.29 is 9.84 Å². The Balaban J connectivity index is 2.06. The van der Waals surface area contributed by atoms with Crippen molar-refractivity contribution >= 4 is 22.4 Å². The molecule has 0 aliphatic carbocycles. The molecular weight excluding hydrogens is 314 g/mol. The van der Waals surface area contributed by atoms with Gasteiger partial charge in [-0.15, -0.1) is 0 Å². The molecule has 0 amide bonds. The van der Waals surface area contributed by atoms with Gasteiger partial charge in [0.15, 0.2) is 5.82 Å². The molecule has 126 valence electrons. The number of hydrogen-bond acceptors (Lipinski definition) is 4. The highest BCUT2D eigenvalue weighted by Crippen LogP contribution is 2.27. The molecule has 3 aromatic rings. The third-order valence-corrected chi connectivity index (χ3v) is 3.86. The summed E-state index contributed by atoms with van der Waals surface area (Å²) in [6.07, 6.45) is 0.0738. The molecule has 5 heteroatoms. The van der Waals surface area contributed by atoms with E-state index in [9.17, 15) is 10.4 Å². The molecule has 1 heterocycles. The number of aliphatic hydroxyl groups excluding tert-OH is 1. The number of aliphatic hydroxyl groups is 1. The SMILES string of the molecule is CC(C)Oc1ccc(C(O)=C(C#N)c2nc3ccccc3n2C)cc1. The maximum atomic E-state index is 10.6. The van der Waals surface area contributed by atoms with Crippen LogP contribution in [0.4, 0.5) is 0 Å². The van der Waals surface area contributed by atoms with Crippen molar-refractivity contribution in [2.75, 3.05) is 0 Å². The van der Waals surface area contributed by atoms with Crippen molar-refractivity contribution in [3.05, 3.63) is 59.9 Å². The van der Waals surface area contributed by atoms with E-state index in [-0.39, 0.29) is 17.4 Å². The average molecular weight is 333 g/mol. The lowest BCUT2D eigenvalue weighted by atomic mass is 10.1. The van der Waals surface area contributed by atoms with Gasteiger partial charge in [0.2, 0.25) is 0 Å². The number of nitrogens with zero attached hydrogens (tertiary/aromatic N) is 3. The molecule has 0 saturated carbocycles. The number of hydrogen-bond donors (Lipinski definition) is 1. The molecular formula is C20H19N3O2. The minimum atomic E-state index is -0.1000. The van der Waals surface area contributed by atoms with Crippen LogP contribution >= 0.6 is 0 Å². The van der Waals surface area contributed by atoms with Crippen LogP contribution in [-0.2, 0) is 7.05 Å². The Bertz CT molecular complexity index is 976. The first-order valence-electron chi connectivity index (χ1n) is 8.03. The summed E-state index contributed by atoms with van der Waals surface area (Å²) >= 11 is 0. The highest BCUT2D eigenvalue weighted by atomic mass is 16.5. The first-order valence-corrected chi connectivity index (χ1v) is 8.03. The Morgan fingerprint density at radius 3 is 2.44 bits per heavy atom. The minimum absolute atomic E-state index is 0.0738. The van der Waals surface area contributed by atoms with E-state index in [2.05, 4.69) is 11.1 Å². The fourth-order valence-corrected chi connectivity index (χ4v) is 2.69. The summed E-state index contributed by atoms with van der Waals surface area (Å²) < 4.78 is 7.41. The predicted molar refractivity (Wildman–Crippen MR) is 98.0 cm³/mol. The Morgan fingerprint density at radius 1 is 1.16 bits per heavy atom. The van der Waals surface area contributed by atoms with Crippen molar-refractivity contribution in [1.82, 2.24) is 9.55 Å². The van der Waals surface area contributed by atoms with Crippen LogP contribution in [-0.4, -0.2) is 20.8 Å². The monoisotopic (exact) mass is 333 g/mol. The van der Waals surface area contributed by atoms with E-state index in [1.165, 1.54) is 0 Å². The highest BCUT2D eigenvalue weighted by molar-refractivity contribution is 5.94. The summed E-state index contributed by atoms with van der Waals surface area (Å²) in [6, 6.07) is 16.7. The number of nitriles is 1. The number of ether oxygens (including phenoxy) is 1. The first-order chi connectivity index (χ1) is 12.0. The molecule has 0 atom stereocenters. The maximum Gasteiger partial charge on any atom is 0.155 e. The van der Waals surface area contributed by atoms with Gasteiger partial charge >= 0.3 is 0 Å². The molecule has 0 unspecified atom stereocenters. The predicted octanol–water partition coefficient (Wildman–Crippen LogP) is 4.31. The van der Waals surface area contributed by atoms with Gasteiger partial charge in [-0.2, -0.15) is 5.26 Å². The topological polar surface area (TPSA) is 71.1 Å². The lowest BCUT2D eigenvalue weighted by Gasteiger charge is -2.10. The summed E-state index contributed by atoms with van der Waals surface area (Å²) in [4.78, 5) is 4.48. The van der Waals surface area contributed by atoms with E-state index in [0.717, 1.165) is 11.0 Å². The molecule has 1 aromatic heterocycles. The molecule has 0 aliphatic heterocycles. The van der Waals surface area contributed by atoms with Gasteiger partial charge in [-0.05, 0) is 50.2 Å². The first kappa shape index (κ1) is 16.6. The lowest BCUT2D eigenvalue weighted by molar-refractivity contribution is 0.242. The molecule has 25 heavy (non-hydrogen) atoms. The van der Waals surface area contributed by atoms with Crippen LogP contribution in [0.3, 0.4) is 0 Å². The van der Waals surface area contributed by atoms with Crippen LogP contribution in [0.2, 0.25) is 0 Å². The van der Waals surface area contributed by atoms with Crippen molar-refractivity contribution in [2.45, 2.75) is 20.0 Å². The second-order valence-electron chi connectivity index (χ2n) is 6.01. The standard InChI is InChI=1S/C20H19N3O2/c1-13(2)25-15-10-8-14(9-11-15)19(24)16(12-21)20-22-17-6-4-5-7-18(17)23(20)3/h4-11,13,24H,1-3H3. The number of para-hydroxylation sites is 2. The molecule has 0 aliphatic rings. The van der Waals surface area contributed by atoms with Gasteiger partial charge in [-0.1, -0.05) is 12.1 Å². The van der Waals surface area contributed by atoms with Crippen molar-refractivity contribution in [3.63, 3.8) is 0 Å². The van der Waals surface area contributed by atoms with Gasteiger partial charge in [-0.25, -0.2) is 4.98 Å². The van der Waals surface area contributed by atoms with Gasteiger partial charge < -0.3 is 14.4 Å².